The molecule has 8 aromatic carbocycles. The van der Waals surface area contributed by atoms with Crippen LogP contribution >= 0.6 is 11.3 Å². The third-order valence-electron chi connectivity index (χ3n) is 9.28. The average Bonchev–Trinajstić information content (AvgIpc) is 3.54. The van der Waals surface area contributed by atoms with Crippen LogP contribution in [0.15, 0.2) is 152 Å². The Balaban J connectivity index is 1.23. The molecule has 0 N–H and O–H groups in total. The Morgan fingerprint density at radius 3 is 1.83 bits per heavy atom. The number of thiophene rings is 1. The molecule has 0 aliphatic carbocycles. The minimum Gasteiger partial charge on any atom is -0.208 e. The number of rotatable bonds is 3. The predicted molar refractivity (Wildman–Crippen MR) is 199 cm³/mol. The highest BCUT2D eigenvalue weighted by molar-refractivity contribution is 7.27. The summed E-state index contributed by atoms with van der Waals surface area (Å²) in [6.45, 7) is 0. The lowest BCUT2D eigenvalue weighted by Crippen LogP contribution is -2.00. The molecule has 2 aromatic heterocycles. The third kappa shape index (κ3) is 4.16. The van der Waals surface area contributed by atoms with Gasteiger partial charge in [-0.2, -0.15) is 0 Å². The van der Waals surface area contributed by atoms with Gasteiger partial charge in [0.25, 0.3) is 0 Å². The molecular formula is C43H25N3S. The van der Waals surface area contributed by atoms with Crippen LogP contribution in [0.3, 0.4) is 0 Å². The Morgan fingerprint density at radius 1 is 0.362 bits per heavy atom. The average molecular weight is 616 g/mol. The molecule has 0 aliphatic heterocycles. The van der Waals surface area contributed by atoms with Gasteiger partial charge in [0.2, 0.25) is 0 Å². The Labute approximate surface area is 274 Å². The quantitative estimate of drug-likeness (QED) is 0.186. The Bertz CT molecular complexity index is 2850. The smallest absolute Gasteiger partial charge is 0.164 e. The van der Waals surface area contributed by atoms with Gasteiger partial charge in [-0.1, -0.05) is 140 Å². The van der Waals surface area contributed by atoms with Gasteiger partial charge in [-0.25, -0.2) is 15.0 Å². The van der Waals surface area contributed by atoms with E-state index >= 15 is 0 Å². The van der Waals surface area contributed by atoms with Crippen LogP contribution in [0.2, 0.25) is 0 Å². The van der Waals surface area contributed by atoms with Gasteiger partial charge in [0, 0.05) is 42.2 Å². The van der Waals surface area contributed by atoms with Gasteiger partial charge in [-0.05, 0) is 49.8 Å². The number of nitrogens with zero attached hydrogens (tertiary/aromatic N) is 3. The van der Waals surface area contributed by atoms with E-state index in [2.05, 4.69) is 133 Å². The molecule has 0 amide bonds. The van der Waals surface area contributed by atoms with Crippen molar-refractivity contribution in [2.24, 2.45) is 0 Å². The minimum atomic E-state index is 0.664. The molecule has 0 atom stereocenters. The van der Waals surface area contributed by atoms with E-state index < -0.39 is 0 Å². The maximum absolute atomic E-state index is 5.20. The lowest BCUT2D eigenvalue weighted by atomic mass is 9.98. The zero-order chi connectivity index (χ0) is 30.9. The van der Waals surface area contributed by atoms with Crippen LogP contribution in [-0.4, -0.2) is 15.0 Å². The topological polar surface area (TPSA) is 38.7 Å². The number of hydrogen-bond donors (Lipinski definition) is 0. The zero-order valence-corrected chi connectivity index (χ0v) is 26.0. The van der Waals surface area contributed by atoms with Gasteiger partial charge < -0.3 is 0 Å². The molecule has 0 radical (unpaired) electrons. The summed E-state index contributed by atoms with van der Waals surface area (Å²) in [7, 11) is 0. The monoisotopic (exact) mass is 615 g/mol. The first-order chi connectivity index (χ1) is 23.3. The number of aromatic nitrogens is 3. The standard InChI is InChI=1S/C43H25N3S/c1-2-11-29(12-3-1)41-44-42(31-22-23-33-30(25-31)20-18-26-9-4-6-13-32(26)33)46-43(45-41)36-15-8-16-37-39(36)35-24-21-28-19-17-27-10-5-7-14-34(27)38(28)40(35)47-37/h1-25H. The molecule has 218 valence electrons. The lowest BCUT2D eigenvalue weighted by molar-refractivity contribution is 1.08. The summed E-state index contributed by atoms with van der Waals surface area (Å²) >= 11 is 1.85. The molecule has 47 heavy (non-hydrogen) atoms. The van der Waals surface area contributed by atoms with E-state index in [1.807, 2.05) is 29.5 Å². The van der Waals surface area contributed by atoms with Crippen molar-refractivity contribution in [3.05, 3.63) is 152 Å². The molecule has 10 aromatic rings. The Hall–Kier alpha value is -5.97. The van der Waals surface area contributed by atoms with Gasteiger partial charge in [-0.3, -0.25) is 0 Å². The van der Waals surface area contributed by atoms with Crippen molar-refractivity contribution in [3.63, 3.8) is 0 Å². The summed E-state index contributed by atoms with van der Waals surface area (Å²) in [6, 6.07) is 53.8. The number of hydrogen-bond acceptors (Lipinski definition) is 4. The van der Waals surface area contributed by atoms with Crippen molar-refractivity contribution >= 4 is 74.6 Å². The molecule has 0 fully saturated rings. The van der Waals surface area contributed by atoms with E-state index in [0.29, 0.717) is 17.5 Å². The Kier molecular flexibility index (Phi) is 5.74. The third-order valence-corrected chi connectivity index (χ3v) is 10.5. The van der Waals surface area contributed by atoms with Crippen LogP contribution in [-0.2, 0) is 0 Å². The summed E-state index contributed by atoms with van der Waals surface area (Å²) in [6.07, 6.45) is 0. The van der Waals surface area contributed by atoms with E-state index in [-0.39, 0.29) is 0 Å². The summed E-state index contributed by atoms with van der Waals surface area (Å²) < 4.78 is 2.51. The Morgan fingerprint density at radius 2 is 0.979 bits per heavy atom. The van der Waals surface area contributed by atoms with E-state index in [1.54, 1.807) is 0 Å². The van der Waals surface area contributed by atoms with Crippen LogP contribution in [0.5, 0.6) is 0 Å². The van der Waals surface area contributed by atoms with Crippen molar-refractivity contribution in [2.75, 3.05) is 0 Å². The molecule has 0 spiro atoms. The highest BCUT2D eigenvalue weighted by atomic mass is 32.1. The number of fused-ring (bicyclic) bond motifs is 10. The highest BCUT2D eigenvalue weighted by Crippen LogP contribution is 2.44. The fourth-order valence-electron chi connectivity index (χ4n) is 7.05. The fraction of sp³-hybridized carbons (Fsp3) is 0. The molecule has 0 aliphatic rings. The first-order valence-corrected chi connectivity index (χ1v) is 16.6. The molecule has 0 bridgehead atoms. The van der Waals surface area contributed by atoms with Crippen LogP contribution in [0, 0.1) is 0 Å². The molecule has 0 saturated carbocycles. The summed E-state index contributed by atoms with van der Waals surface area (Å²) in [4.78, 5) is 15.4. The normalized spacial score (nSPS) is 11.8. The van der Waals surface area contributed by atoms with Crippen LogP contribution in [0.1, 0.15) is 0 Å². The summed E-state index contributed by atoms with van der Waals surface area (Å²) in [5, 5.41) is 12.4. The molecular weight excluding hydrogens is 591 g/mol. The maximum atomic E-state index is 5.20. The van der Waals surface area contributed by atoms with Gasteiger partial charge in [0.1, 0.15) is 0 Å². The van der Waals surface area contributed by atoms with Crippen molar-refractivity contribution in [3.8, 4) is 34.2 Å². The molecule has 0 saturated heterocycles. The van der Waals surface area contributed by atoms with E-state index in [1.165, 1.54) is 57.9 Å². The fourth-order valence-corrected chi connectivity index (χ4v) is 8.35. The molecule has 10 rings (SSSR count). The SMILES string of the molecule is c1ccc(-c2nc(-c3ccc4c(ccc5ccccc54)c3)nc(-c3cccc4sc5c(ccc6ccc7ccccc7c65)c34)n2)cc1. The van der Waals surface area contributed by atoms with Crippen LogP contribution in [0.4, 0.5) is 0 Å². The molecule has 4 heteroatoms. The molecule has 2 heterocycles. The summed E-state index contributed by atoms with van der Waals surface area (Å²) in [5.41, 5.74) is 2.94. The number of benzene rings is 8. The van der Waals surface area contributed by atoms with Crippen molar-refractivity contribution in [2.45, 2.75) is 0 Å². The van der Waals surface area contributed by atoms with Crippen molar-refractivity contribution in [1.82, 2.24) is 15.0 Å². The van der Waals surface area contributed by atoms with Gasteiger partial charge in [0.15, 0.2) is 17.5 Å². The highest BCUT2D eigenvalue weighted by Gasteiger charge is 2.19. The second-order valence-corrected chi connectivity index (χ2v) is 13.1. The van der Waals surface area contributed by atoms with E-state index in [4.69, 9.17) is 15.0 Å². The van der Waals surface area contributed by atoms with E-state index in [9.17, 15) is 0 Å². The van der Waals surface area contributed by atoms with Crippen LogP contribution < -0.4 is 0 Å². The van der Waals surface area contributed by atoms with Crippen LogP contribution in [0.25, 0.3) is 97.4 Å². The van der Waals surface area contributed by atoms with Gasteiger partial charge in [0.05, 0.1) is 0 Å². The zero-order valence-electron chi connectivity index (χ0n) is 25.2. The van der Waals surface area contributed by atoms with Gasteiger partial charge >= 0.3 is 0 Å². The van der Waals surface area contributed by atoms with Crippen molar-refractivity contribution < 1.29 is 0 Å². The maximum Gasteiger partial charge on any atom is 0.164 e. The van der Waals surface area contributed by atoms with E-state index in [0.717, 1.165) is 22.1 Å². The first-order valence-electron chi connectivity index (χ1n) is 15.8. The molecule has 3 nitrogen and oxygen atoms in total. The largest absolute Gasteiger partial charge is 0.208 e. The first kappa shape index (κ1) is 26.3. The second kappa shape index (κ2) is 10.3. The van der Waals surface area contributed by atoms with Gasteiger partial charge in [-0.15, -0.1) is 11.3 Å². The predicted octanol–water partition coefficient (Wildman–Crippen LogP) is 11.9. The van der Waals surface area contributed by atoms with Crippen molar-refractivity contribution in [1.29, 1.82) is 0 Å². The second-order valence-electron chi connectivity index (χ2n) is 12.0. The summed E-state index contributed by atoms with van der Waals surface area (Å²) in [5.74, 6) is 2.00. The minimum absolute atomic E-state index is 0.664. The lowest BCUT2D eigenvalue weighted by Gasteiger charge is -2.11. The molecule has 0 unspecified atom stereocenters.